The summed E-state index contributed by atoms with van der Waals surface area (Å²) in [5.41, 5.74) is 0.632. The summed E-state index contributed by atoms with van der Waals surface area (Å²) in [5.74, 6) is -0.135. The number of hydrogen-bond donors (Lipinski definition) is 0. The van der Waals surface area contributed by atoms with Crippen molar-refractivity contribution in [2.75, 3.05) is 0 Å². The summed E-state index contributed by atoms with van der Waals surface area (Å²) in [4.78, 5) is 21.4. The molecule has 1 rings (SSSR count). The van der Waals surface area contributed by atoms with Crippen LogP contribution in [0.2, 0.25) is 0 Å². The third-order valence-electron chi connectivity index (χ3n) is 1.83. The predicted octanol–water partition coefficient (Wildman–Crippen LogP) is -0.420. The van der Waals surface area contributed by atoms with Crippen molar-refractivity contribution in [3.63, 3.8) is 0 Å². The maximum atomic E-state index is 11.0. The van der Waals surface area contributed by atoms with E-state index in [0.29, 0.717) is 22.2 Å². The second kappa shape index (κ2) is 3.43. The second-order valence-corrected chi connectivity index (χ2v) is 3.60. The SMILES string of the molecule is O=CC1=CC=CCC1C(=O)[SiH3]. The number of rotatable bonds is 2. The molecule has 2 nitrogen and oxygen atoms in total. The molecule has 3 heteroatoms. The van der Waals surface area contributed by atoms with Gasteiger partial charge in [-0.15, -0.1) is 0 Å². The van der Waals surface area contributed by atoms with Gasteiger partial charge in [0.15, 0.2) is 0 Å². The van der Waals surface area contributed by atoms with E-state index in [1.54, 1.807) is 6.08 Å². The van der Waals surface area contributed by atoms with Gasteiger partial charge in [0.1, 0.15) is 11.7 Å². The van der Waals surface area contributed by atoms with Crippen molar-refractivity contribution in [3.8, 4) is 0 Å². The summed E-state index contributed by atoms with van der Waals surface area (Å²) in [6.45, 7) is 0. The fourth-order valence-electron chi connectivity index (χ4n) is 1.17. The van der Waals surface area contributed by atoms with Gasteiger partial charge in [-0.2, -0.15) is 0 Å². The van der Waals surface area contributed by atoms with Gasteiger partial charge < -0.3 is 4.79 Å². The van der Waals surface area contributed by atoms with E-state index in [9.17, 15) is 9.59 Å². The molecule has 0 N–H and O–H groups in total. The first-order valence-corrected chi connectivity index (χ1v) is 4.58. The van der Waals surface area contributed by atoms with Crippen LogP contribution in [-0.4, -0.2) is 21.9 Å². The maximum Gasteiger partial charge on any atom is 0.146 e. The van der Waals surface area contributed by atoms with Crippen LogP contribution >= 0.6 is 0 Å². The molecule has 0 heterocycles. The Hall–Kier alpha value is -0.963. The predicted molar refractivity (Wildman–Crippen MR) is 46.3 cm³/mol. The largest absolute Gasteiger partial charge is 0.306 e. The van der Waals surface area contributed by atoms with E-state index in [2.05, 4.69) is 0 Å². The Kier molecular flexibility index (Phi) is 2.54. The first-order chi connectivity index (χ1) is 5.25. The molecule has 0 radical (unpaired) electrons. The lowest BCUT2D eigenvalue weighted by Crippen LogP contribution is -2.18. The average Bonchev–Trinajstić information content (AvgIpc) is 2.04. The number of aldehydes is 1. The van der Waals surface area contributed by atoms with Crippen LogP contribution in [0.15, 0.2) is 23.8 Å². The third kappa shape index (κ3) is 1.74. The lowest BCUT2D eigenvalue weighted by Gasteiger charge is -2.13. The Balaban J connectivity index is 2.83. The molecule has 0 bridgehead atoms. The van der Waals surface area contributed by atoms with Gasteiger partial charge in [0.25, 0.3) is 0 Å². The van der Waals surface area contributed by atoms with Gasteiger partial charge in [-0.1, -0.05) is 18.2 Å². The monoisotopic (exact) mass is 166 g/mol. The van der Waals surface area contributed by atoms with Crippen molar-refractivity contribution in [2.24, 2.45) is 5.92 Å². The summed E-state index contributed by atoms with van der Waals surface area (Å²) in [5, 5.41) is 0.202. The maximum absolute atomic E-state index is 11.0. The zero-order valence-corrected chi connectivity index (χ0v) is 8.41. The topological polar surface area (TPSA) is 34.1 Å². The van der Waals surface area contributed by atoms with Gasteiger partial charge in [-0.3, -0.25) is 4.79 Å². The molecule has 58 valence electrons. The molecule has 1 atom stereocenters. The minimum atomic E-state index is -0.135. The molecule has 1 aliphatic carbocycles. The van der Waals surface area contributed by atoms with Crippen molar-refractivity contribution in [3.05, 3.63) is 23.8 Å². The summed E-state index contributed by atoms with van der Waals surface area (Å²) < 4.78 is 0. The molecule has 11 heavy (non-hydrogen) atoms. The smallest absolute Gasteiger partial charge is 0.146 e. The number of carbonyl (C=O) groups excluding carboxylic acids is 2. The van der Waals surface area contributed by atoms with Gasteiger partial charge in [-0.25, -0.2) is 0 Å². The van der Waals surface area contributed by atoms with Gasteiger partial charge in [-0.05, 0) is 6.42 Å². The van der Waals surface area contributed by atoms with Crippen molar-refractivity contribution in [1.82, 2.24) is 0 Å². The molecule has 1 unspecified atom stereocenters. The van der Waals surface area contributed by atoms with Crippen LogP contribution in [0.5, 0.6) is 0 Å². The van der Waals surface area contributed by atoms with E-state index >= 15 is 0 Å². The first kappa shape index (κ1) is 8.14. The molecular weight excluding hydrogens is 156 g/mol. The molecule has 0 aromatic rings. The van der Waals surface area contributed by atoms with Crippen LogP contribution in [0.25, 0.3) is 0 Å². The van der Waals surface area contributed by atoms with E-state index < -0.39 is 0 Å². The van der Waals surface area contributed by atoms with Gasteiger partial charge in [0, 0.05) is 11.5 Å². The summed E-state index contributed by atoms with van der Waals surface area (Å²) in [6.07, 6.45) is 6.95. The van der Waals surface area contributed by atoms with E-state index in [1.807, 2.05) is 12.2 Å². The quantitative estimate of drug-likeness (QED) is 0.412. The average molecular weight is 166 g/mol. The molecular formula is C8H10O2Si. The Labute approximate surface area is 68.4 Å². The lowest BCUT2D eigenvalue weighted by molar-refractivity contribution is -0.115. The molecule has 0 fully saturated rings. The van der Waals surface area contributed by atoms with Crippen LogP contribution in [-0.2, 0) is 9.59 Å². The standard InChI is InChI=1S/C8H10O2Si/c9-5-6-3-1-2-4-7(6)8(10)11/h1-3,5,7H,4H2,11H3. The summed E-state index contributed by atoms with van der Waals surface area (Å²) in [6, 6.07) is 0. The van der Waals surface area contributed by atoms with E-state index in [-0.39, 0.29) is 11.3 Å². The number of allylic oxidation sites excluding steroid dienone is 4. The fourth-order valence-corrected chi connectivity index (χ4v) is 1.74. The molecule has 0 saturated heterocycles. The van der Waals surface area contributed by atoms with Crippen LogP contribution in [0.3, 0.4) is 0 Å². The molecule has 0 aromatic carbocycles. The zero-order chi connectivity index (χ0) is 8.27. The normalized spacial score (nSPS) is 22.9. The molecule has 0 aliphatic heterocycles. The Morgan fingerprint density at radius 2 is 2.45 bits per heavy atom. The Morgan fingerprint density at radius 1 is 1.73 bits per heavy atom. The van der Waals surface area contributed by atoms with Crippen molar-refractivity contribution >= 4 is 21.9 Å². The van der Waals surface area contributed by atoms with Crippen LogP contribution in [0.1, 0.15) is 6.42 Å². The molecule has 0 spiro atoms. The van der Waals surface area contributed by atoms with Crippen LogP contribution in [0.4, 0.5) is 0 Å². The van der Waals surface area contributed by atoms with Crippen molar-refractivity contribution < 1.29 is 9.59 Å². The van der Waals surface area contributed by atoms with E-state index in [0.717, 1.165) is 6.29 Å². The molecule has 0 aromatic heterocycles. The van der Waals surface area contributed by atoms with Crippen LogP contribution in [0, 0.1) is 5.92 Å². The Bertz CT molecular complexity index is 240. The van der Waals surface area contributed by atoms with E-state index in [1.165, 1.54) is 0 Å². The molecule has 0 amide bonds. The minimum Gasteiger partial charge on any atom is -0.306 e. The molecule has 0 saturated carbocycles. The zero-order valence-electron chi connectivity index (χ0n) is 6.41. The highest BCUT2D eigenvalue weighted by Gasteiger charge is 2.18. The fraction of sp³-hybridized carbons (Fsp3) is 0.250. The highest BCUT2D eigenvalue weighted by atomic mass is 28.1. The first-order valence-electron chi connectivity index (χ1n) is 3.58. The van der Waals surface area contributed by atoms with Gasteiger partial charge in [0.05, 0.1) is 10.2 Å². The van der Waals surface area contributed by atoms with E-state index in [4.69, 9.17) is 0 Å². The van der Waals surface area contributed by atoms with Gasteiger partial charge in [0.2, 0.25) is 0 Å². The van der Waals surface area contributed by atoms with Crippen LogP contribution < -0.4 is 0 Å². The highest BCUT2D eigenvalue weighted by molar-refractivity contribution is 6.58. The number of hydrogen-bond acceptors (Lipinski definition) is 2. The van der Waals surface area contributed by atoms with Crippen molar-refractivity contribution in [2.45, 2.75) is 6.42 Å². The second-order valence-electron chi connectivity index (χ2n) is 2.61. The lowest BCUT2D eigenvalue weighted by atomic mass is 9.94. The molecule has 1 aliphatic rings. The number of carbonyl (C=O) groups is 2. The van der Waals surface area contributed by atoms with Crippen molar-refractivity contribution in [1.29, 1.82) is 0 Å². The summed E-state index contributed by atoms with van der Waals surface area (Å²) >= 11 is 0. The highest BCUT2D eigenvalue weighted by Crippen LogP contribution is 2.18. The third-order valence-corrected chi connectivity index (χ3v) is 2.52. The Morgan fingerprint density at radius 3 is 2.91 bits per heavy atom. The van der Waals surface area contributed by atoms with Gasteiger partial charge >= 0.3 is 0 Å². The summed E-state index contributed by atoms with van der Waals surface area (Å²) in [7, 11) is 0.530. The minimum absolute atomic E-state index is 0.135.